The number of carbonyl (C=O) groups is 2. The predicted octanol–water partition coefficient (Wildman–Crippen LogP) is 11.6. The van der Waals surface area contributed by atoms with E-state index in [2.05, 4.69) is 35.9 Å². The van der Waals surface area contributed by atoms with Crippen LogP contribution in [0.1, 0.15) is 201 Å². The quantitative estimate of drug-likeness (QED) is 0.0109. The van der Waals surface area contributed by atoms with E-state index in [1.807, 2.05) is 6.08 Å². The number of ether oxygens (including phenoxy) is 2. The first kappa shape index (κ1) is 65.0. The van der Waals surface area contributed by atoms with Crippen LogP contribution in [0.3, 0.4) is 0 Å². The lowest BCUT2D eigenvalue weighted by atomic mass is 10.0. The minimum absolute atomic E-state index is 0.128. The van der Waals surface area contributed by atoms with Crippen LogP contribution in [0, 0.1) is 5.92 Å². The number of carbonyl (C=O) groups excluding carboxylic acids is 2. The van der Waals surface area contributed by atoms with Crippen LogP contribution >= 0.6 is 15.6 Å². The number of allylic oxidation sites excluding steroid dienone is 5. The van der Waals surface area contributed by atoms with Crippen molar-refractivity contribution in [2.75, 3.05) is 26.4 Å². The highest BCUT2D eigenvalue weighted by molar-refractivity contribution is 7.47. The normalized spacial score (nSPS) is 15.3. The van der Waals surface area contributed by atoms with Crippen molar-refractivity contribution in [1.29, 1.82) is 0 Å². The first-order valence-corrected chi connectivity index (χ1v) is 28.4. The summed E-state index contributed by atoms with van der Waals surface area (Å²) in [4.78, 5) is 52.9. The molecule has 0 aliphatic carbocycles. The SMILES string of the molecule is CCCCC/C=C\C[C@H](O)/C=C/C=C/C=C\[C@H](O)CCCC(=O)O[C@H](COC(=O)CCCCCCCCCCCCCCCCCCCCC(C)C)COP(=O)(O)OC[C@@H](O)COP(=O)(O)O. The van der Waals surface area contributed by atoms with Gasteiger partial charge in [0, 0.05) is 12.8 Å². The number of unbranched alkanes of at least 4 members (excludes halogenated alkanes) is 20. The Morgan fingerprint density at radius 2 is 1.01 bits per heavy atom. The fraction of sp³-hybridized carbons (Fsp3) is 0.800. The Morgan fingerprint density at radius 3 is 1.55 bits per heavy atom. The number of hydrogen-bond donors (Lipinski definition) is 6. The lowest BCUT2D eigenvalue weighted by Gasteiger charge is -2.20. The van der Waals surface area contributed by atoms with Crippen LogP contribution in [0.2, 0.25) is 0 Å². The van der Waals surface area contributed by atoms with Gasteiger partial charge in [0.25, 0.3) is 0 Å². The molecule has 0 saturated heterocycles. The highest BCUT2D eigenvalue weighted by Crippen LogP contribution is 2.44. The topological polar surface area (TPSA) is 236 Å². The summed E-state index contributed by atoms with van der Waals surface area (Å²) in [6, 6.07) is 0. The molecule has 0 aromatic carbocycles. The second kappa shape index (κ2) is 44.0. The zero-order valence-electron chi connectivity index (χ0n) is 41.4. The molecule has 0 amide bonds. The van der Waals surface area contributed by atoms with Crippen molar-refractivity contribution < 1.29 is 71.8 Å². The van der Waals surface area contributed by atoms with Crippen LogP contribution in [0.15, 0.2) is 48.6 Å². The van der Waals surface area contributed by atoms with Gasteiger partial charge in [-0.05, 0) is 44.4 Å². The Labute approximate surface area is 404 Å². The molecule has 0 rings (SSSR count). The predicted molar refractivity (Wildman–Crippen MR) is 265 cm³/mol. The molecule has 392 valence electrons. The third-order valence-electron chi connectivity index (χ3n) is 10.8. The maximum atomic E-state index is 12.7. The van der Waals surface area contributed by atoms with Gasteiger partial charge in [0.2, 0.25) is 0 Å². The zero-order chi connectivity index (χ0) is 49.9. The first-order valence-electron chi connectivity index (χ1n) is 25.4. The van der Waals surface area contributed by atoms with E-state index in [0.29, 0.717) is 12.8 Å². The average molecular weight is 995 g/mol. The number of aliphatic hydroxyl groups excluding tert-OH is 3. The van der Waals surface area contributed by atoms with Crippen molar-refractivity contribution in [2.24, 2.45) is 5.92 Å². The molecule has 0 bridgehead atoms. The van der Waals surface area contributed by atoms with Gasteiger partial charge in [-0.15, -0.1) is 0 Å². The van der Waals surface area contributed by atoms with Gasteiger partial charge in [-0.1, -0.05) is 198 Å². The maximum Gasteiger partial charge on any atom is 0.472 e. The van der Waals surface area contributed by atoms with Crippen molar-refractivity contribution in [2.45, 2.75) is 225 Å². The van der Waals surface area contributed by atoms with E-state index in [9.17, 15) is 38.9 Å². The third kappa shape index (κ3) is 48.8. The van der Waals surface area contributed by atoms with E-state index in [0.717, 1.165) is 38.0 Å². The van der Waals surface area contributed by atoms with Crippen molar-refractivity contribution in [3.8, 4) is 0 Å². The summed E-state index contributed by atoms with van der Waals surface area (Å²) in [5.41, 5.74) is 0. The molecule has 0 aromatic rings. The Morgan fingerprint density at radius 1 is 0.522 bits per heavy atom. The molecule has 0 fully saturated rings. The van der Waals surface area contributed by atoms with Gasteiger partial charge in [-0.25, -0.2) is 9.13 Å². The monoisotopic (exact) mass is 995 g/mol. The van der Waals surface area contributed by atoms with Crippen molar-refractivity contribution in [1.82, 2.24) is 0 Å². The van der Waals surface area contributed by atoms with Gasteiger partial charge in [0.05, 0.1) is 32.0 Å². The fourth-order valence-corrected chi connectivity index (χ4v) is 8.06. The number of phosphoric acid groups is 2. The molecule has 0 aliphatic heterocycles. The van der Waals surface area contributed by atoms with Crippen LogP contribution in [-0.4, -0.2) is 92.8 Å². The van der Waals surface area contributed by atoms with Crippen molar-refractivity contribution in [3.63, 3.8) is 0 Å². The zero-order valence-corrected chi connectivity index (χ0v) is 43.2. The first-order chi connectivity index (χ1) is 32.0. The smallest absolute Gasteiger partial charge is 0.462 e. The molecule has 0 aromatic heterocycles. The van der Waals surface area contributed by atoms with Crippen LogP contribution < -0.4 is 0 Å². The number of esters is 2. The maximum absolute atomic E-state index is 12.7. The summed E-state index contributed by atoms with van der Waals surface area (Å²) in [6.07, 6.45) is 38.7. The second-order valence-electron chi connectivity index (χ2n) is 18.0. The Kier molecular flexibility index (Phi) is 42.7. The molecular weight excluding hydrogens is 902 g/mol. The van der Waals surface area contributed by atoms with Crippen LogP contribution in [0.25, 0.3) is 0 Å². The van der Waals surface area contributed by atoms with Gasteiger partial charge in [0.15, 0.2) is 6.10 Å². The Balaban J connectivity index is 4.60. The average Bonchev–Trinajstić information content (AvgIpc) is 3.27. The molecule has 67 heavy (non-hydrogen) atoms. The standard InChI is InChI=1S/C50H92O15P2/c1-4-5-6-7-23-28-34-45(51)35-29-25-26-30-36-46(52)37-32-39-50(55)65-48(43-64-67(59,60)63-41-47(53)40-62-66(56,57)58)42-61-49(54)38-31-24-21-19-17-15-13-11-9-8-10-12-14-16-18-20-22-27-33-44(2)3/h23,25-26,28-30,35-36,44-48,51-53H,4-22,24,27,31-34,37-43H2,1-3H3,(H,59,60)(H2,56,57,58)/b26-25+,28-23-,35-29+,36-30-/t45-,46-,47-,48+/m0/s1. The molecule has 0 heterocycles. The summed E-state index contributed by atoms with van der Waals surface area (Å²) in [6.45, 7) is 3.80. The highest BCUT2D eigenvalue weighted by Gasteiger charge is 2.28. The van der Waals surface area contributed by atoms with Gasteiger partial charge < -0.3 is 39.5 Å². The van der Waals surface area contributed by atoms with E-state index < -0.39 is 78.4 Å². The molecule has 17 heteroatoms. The van der Waals surface area contributed by atoms with E-state index in [4.69, 9.17) is 23.8 Å². The van der Waals surface area contributed by atoms with Crippen LogP contribution in [0.5, 0.6) is 0 Å². The number of phosphoric ester groups is 2. The summed E-state index contributed by atoms with van der Waals surface area (Å²) >= 11 is 0. The number of rotatable bonds is 47. The summed E-state index contributed by atoms with van der Waals surface area (Å²) in [5, 5.41) is 30.2. The number of hydrogen-bond acceptors (Lipinski definition) is 12. The van der Waals surface area contributed by atoms with Gasteiger partial charge >= 0.3 is 27.6 Å². The van der Waals surface area contributed by atoms with Crippen molar-refractivity contribution >= 4 is 27.6 Å². The van der Waals surface area contributed by atoms with E-state index in [1.54, 1.807) is 36.5 Å². The lowest BCUT2D eigenvalue weighted by Crippen LogP contribution is -2.30. The van der Waals surface area contributed by atoms with Gasteiger partial charge in [-0.3, -0.25) is 23.2 Å². The number of aliphatic hydroxyl groups is 3. The minimum atomic E-state index is -4.90. The fourth-order valence-electron chi connectivity index (χ4n) is 6.90. The molecule has 0 aliphatic rings. The summed E-state index contributed by atoms with van der Waals surface area (Å²) in [7, 11) is -9.78. The molecule has 5 atom stereocenters. The molecular formula is C50H92O15P2. The second-order valence-corrected chi connectivity index (χ2v) is 20.7. The molecule has 15 nitrogen and oxygen atoms in total. The lowest BCUT2D eigenvalue weighted by molar-refractivity contribution is -0.161. The Bertz CT molecular complexity index is 1410. The van der Waals surface area contributed by atoms with E-state index >= 15 is 0 Å². The molecule has 0 radical (unpaired) electrons. The molecule has 6 N–H and O–H groups in total. The largest absolute Gasteiger partial charge is 0.472 e. The highest BCUT2D eigenvalue weighted by atomic mass is 31.2. The molecule has 0 spiro atoms. The van der Waals surface area contributed by atoms with Crippen LogP contribution in [0.4, 0.5) is 0 Å². The molecule has 1 unspecified atom stereocenters. The van der Waals surface area contributed by atoms with E-state index in [1.165, 1.54) is 109 Å². The van der Waals surface area contributed by atoms with E-state index in [-0.39, 0.29) is 25.7 Å². The third-order valence-corrected chi connectivity index (χ3v) is 12.3. The van der Waals surface area contributed by atoms with Gasteiger partial charge in [-0.2, -0.15) is 0 Å². The van der Waals surface area contributed by atoms with Crippen molar-refractivity contribution in [3.05, 3.63) is 48.6 Å². The van der Waals surface area contributed by atoms with Crippen LogP contribution in [-0.2, 0) is 41.8 Å². The molecule has 0 saturated carbocycles. The minimum Gasteiger partial charge on any atom is -0.462 e. The van der Waals surface area contributed by atoms with Gasteiger partial charge in [0.1, 0.15) is 12.7 Å². The Hall–Kier alpha value is -2.00. The summed E-state index contributed by atoms with van der Waals surface area (Å²) < 4.78 is 47.8. The summed E-state index contributed by atoms with van der Waals surface area (Å²) in [5.74, 6) is -0.441.